The number of rotatable bonds is 5. The molecular weight excluding hydrogens is 473 g/mol. The van der Waals surface area contributed by atoms with Crippen LogP contribution in [0, 0.1) is 0 Å². The highest BCUT2D eigenvalue weighted by atomic mass is 35.5. The predicted octanol–water partition coefficient (Wildman–Crippen LogP) is 5.22. The summed E-state index contributed by atoms with van der Waals surface area (Å²) in [4.78, 5) is 17.3. The van der Waals surface area contributed by atoms with Crippen molar-refractivity contribution in [2.75, 3.05) is 18.4 Å². The number of sulfonamides is 1. The van der Waals surface area contributed by atoms with Gasteiger partial charge in [-0.05, 0) is 42.5 Å². The molecule has 3 heterocycles. The van der Waals surface area contributed by atoms with Gasteiger partial charge in [0.1, 0.15) is 9.77 Å². The van der Waals surface area contributed by atoms with E-state index in [1.807, 2.05) is 0 Å². The van der Waals surface area contributed by atoms with Gasteiger partial charge in [-0.2, -0.15) is 4.31 Å². The molecule has 6 nitrogen and oxygen atoms in total. The van der Waals surface area contributed by atoms with E-state index in [1.54, 1.807) is 29.0 Å². The number of carbonyl (C=O) groups excluding carboxylic acids is 1. The summed E-state index contributed by atoms with van der Waals surface area (Å²) in [5.74, 6) is -0.499. The summed E-state index contributed by atoms with van der Waals surface area (Å²) in [6.45, 7) is 0.966. The topological polar surface area (TPSA) is 79.4 Å². The van der Waals surface area contributed by atoms with Gasteiger partial charge in [0.25, 0.3) is 5.91 Å². The van der Waals surface area contributed by atoms with Crippen LogP contribution in [0.2, 0.25) is 10.0 Å². The maximum atomic E-state index is 12.8. The molecule has 0 atom stereocenters. The normalized spacial score (nSPS) is 15.0. The second-order valence-electron chi connectivity index (χ2n) is 6.34. The van der Waals surface area contributed by atoms with E-state index < -0.39 is 15.9 Å². The minimum Gasteiger partial charge on any atom is -0.297 e. The van der Waals surface area contributed by atoms with Crippen LogP contribution in [0.5, 0.6) is 0 Å². The molecule has 0 spiro atoms. The van der Waals surface area contributed by atoms with Gasteiger partial charge in [-0.15, -0.1) is 22.7 Å². The standard InChI is InChI=1S/C18H15Cl2N3O3S3/c19-11-3-4-12(13(20)9-11)14-10-28-18(21-14)22-17(24)16-15(5-8-27-16)29(25,26)23-6-1-2-7-23/h3-5,8-10H,1-2,6-7H2,(H,21,22,24). The zero-order chi connectivity index (χ0) is 20.6. The lowest BCUT2D eigenvalue weighted by molar-refractivity contribution is 0.102. The lowest BCUT2D eigenvalue weighted by atomic mass is 10.2. The molecule has 0 unspecified atom stereocenters. The fourth-order valence-electron chi connectivity index (χ4n) is 3.04. The molecule has 152 valence electrons. The highest BCUT2D eigenvalue weighted by Gasteiger charge is 2.32. The van der Waals surface area contributed by atoms with E-state index in [1.165, 1.54) is 21.7 Å². The minimum absolute atomic E-state index is 0.0411. The Hall–Kier alpha value is -1.49. The van der Waals surface area contributed by atoms with Crippen LogP contribution in [0.4, 0.5) is 5.13 Å². The number of nitrogens with zero attached hydrogens (tertiary/aromatic N) is 2. The first kappa shape index (κ1) is 20.8. The average molecular weight is 488 g/mol. The number of thiophene rings is 1. The van der Waals surface area contributed by atoms with Gasteiger partial charge in [0.2, 0.25) is 10.0 Å². The van der Waals surface area contributed by atoms with Gasteiger partial charge in [0, 0.05) is 29.1 Å². The lowest BCUT2D eigenvalue weighted by Crippen LogP contribution is -2.29. The number of anilines is 1. The maximum absolute atomic E-state index is 12.8. The fourth-order valence-corrected chi connectivity index (χ4v) is 7.06. The summed E-state index contributed by atoms with van der Waals surface area (Å²) in [6.07, 6.45) is 1.67. The minimum atomic E-state index is -3.67. The molecule has 1 aromatic carbocycles. The molecule has 1 amide bonds. The van der Waals surface area contributed by atoms with Gasteiger partial charge in [-0.1, -0.05) is 23.2 Å². The van der Waals surface area contributed by atoms with E-state index in [0.717, 1.165) is 24.2 Å². The number of hydrogen-bond acceptors (Lipinski definition) is 6. The Morgan fingerprint density at radius 1 is 1.14 bits per heavy atom. The van der Waals surface area contributed by atoms with Crippen molar-refractivity contribution in [1.82, 2.24) is 9.29 Å². The Labute approximate surface area is 186 Å². The first-order valence-electron chi connectivity index (χ1n) is 8.66. The monoisotopic (exact) mass is 487 g/mol. The number of halogens is 2. The molecule has 2 aromatic heterocycles. The Kier molecular flexibility index (Phi) is 5.97. The zero-order valence-electron chi connectivity index (χ0n) is 14.9. The number of carbonyl (C=O) groups is 1. The van der Waals surface area contributed by atoms with Crippen LogP contribution >= 0.6 is 45.9 Å². The molecule has 0 aliphatic carbocycles. The van der Waals surface area contributed by atoms with E-state index in [0.29, 0.717) is 39.5 Å². The number of thiazole rings is 1. The zero-order valence-corrected chi connectivity index (χ0v) is 18.9. The summed E-state index contributed by atoms with van der Waals surface area (Å²) >= 11 is 14.5. The van der Waals surface area contributed by atoms with Crippen molar-refractivity contribution in [2.45, 2.75) is 17.7 Å². The van der Waals surface area contributed by atoms with Gasteiger partial charge in [-0.3, -0.25) is 10.1 Å². The Balaban J connectivity index is 1.56. The summed E-state index contributed by atoms with van der Waals surface area (Å²) in [6, 6.07) is 6.57. The molecule has 3 aromatic rings. The summed E-state index contributed by atoms with van der Waals surface area (Å²) in [5.41, 5.74) is 1.30. The second-order valence-corrected chi connectivity index (χ2v) is 10.9. The van der Waals surface area contributed by atoms with Gasteiger partial charge in [-0.25, -0.2) is 13.4 Å². The van der Waals surface area contributed by atoms with Gasteiger partial charge >= 0.3 is 0 Å². The van der Waals surface area contributed by atoms with Crippen molar-refractivity contribution in [3.05, 3.63) is 49.9 Å². The van der Waals surface area contributed by atoms with E-state index in [4.69, 9.17) is 23.2 Å². The van der Waals surface area contributed by atoms with Crippen LogP contribution in [-0.4, -0.2) is 36.7 Å². The van der Waals surface area contributed by atoms with Crippen molar-refractivity contribution < 1.29 is 13.2 Å². The van der Waals surface area contributed by atoms with Crippen molar-refractivity contribution in [1.29, 1.82) is 0 Å². The summed E-state index contributed by atoms with van der Waals surface area (Å²) < 4.78 is 27.1. The predicted molar refractivity (Wildman–Crippen MR) is 118 cm³/mol. The lowest BCUT2D eigenvalue weighted by Gasteiger charge is -2.15. The maximum Gasteiger partial charge on any atom is 0.268 e. The first-order valence-corrected chi connectivity index (χ1v) is 12.6. The van der Waals surface area contributed by atoms with Crippen molar-refractivity contribution in [2.24, 2.45) is 0 Å². The third-order valence-electron chi connectivity index (χ3n) is 4.45. The van der Waals surface area contributed by atoms with Crippen LogP contribution in [0.1, 0.15) is 22.5 Å². The van der Waals surface area contributed by atoms with Crippen LogP contribution in [0.3, 0.4) is 0 Å². The summed E-state index contributed by atoms with van der Waals surface area (Å²) in [5, 5.41) is 7.40. The van der Waals surface area contributed by atoms with Crippen molar-refractivity contribution in [3.8, 4) is 11.3 Å². The first-order chi connectivity index (χ1) is 13.9. The van der Waals surface area contributed by atoms with Crippen LogP contribution in [0.15, 0.2) is 39.9 Å². The van der Waals surface area contributed by atoms with Crippen LogP contribution in [-0.2, 0) is 10.0 Å². The quantitative estimate of drug-likeness (QED) is 0.535. The molecule has 1 N–H and O–H groups in total. The molecule has 0 bridgehead atoms. The van der Waals surface area contributed by atoms with E-state index >= 15 is 0 Å². The molecule has 1 fully saturated rings. The highest BCUT2D eigenvalue weighted by molar-refractivity contribution is 7.89. The van der Waals surface area contributed by atoms with Gasteiger partial charge < -0.3 is 0 Å². The molecule has 0 radical (unpaired) electrons. The Morgan fingerprint density at radius 2 is 1.90 bits per heavy atom. The highest BCUT2D eigenvalue weighted by Crippen LogP contribution is 2.33. The molecule has 1 aliphatic heterocycles. The summed E-state index contributed by atoms with van der Waals surface area (Å²) in [7, 11) is -3.67. The van der Waals surface area contributed by atoms with Crippen LogP contribution < -0.4 is 5.32 Å². The molecule has 1 saturated heterocycles. The molecule has 29 heavy (non-hydrogen) atoms. The number of nitrogens with one attached hydrogen (secondary N) is 1. The van der Waals surface area contributed by atoms with Crippen LogP contribution in [0.25, 0.3) is 11.3 Å². The Bertz CT molecular complexity index is 1170. The molecule has 4 rings (SSSR count). The molecule has 0 saturated carbocycles. The van der Waals surface area contributed by atoms with Crippen molar-refractivity contribution >= 4 is 66.9 Å². The number of hydrogen-bond donors (Lipinski definition) is 1. The van der Waals surface area contributed by atoms with E-state index in [-0.39, 0.29) is 9.77 Å². The third kappa shape index (κ3) is 4.21. The smallest absolute Gasteiger partial charge is 0.268 e. The largest absolute Gasteiger partial charge is 0.297 e. The Morgan fingerprint density at radius 3 is 2.62 bits per heavy atom. The number of amides is 1. The number of aromatic nitrogens is 1. The third-order valence-corrected chi connectivity index (χ3v) is 8.74. The average Bonchev–Trinajstić information content (AvgIpc) is 3.43. The molecule has 1 aliphatic rings. The second kappa shape index (κ2) is 8.33. The molecular formula is C18H15Cl2N3O3S3. The van der Waals surface area contributed by atoms with Gasteiger partial charge in [0.15, 0.2) is 5.13 Å². The van der Waals surface area contributed by atoms with E-state index in [2.05, 4.69) is 10.3 Å². The van der Waals surface area contributed by atoms with Gasteiger partial charge in [0.05, 0.1) is 10.7 Å². The fraction of sp³-hybridized carbons (Fsp3) is 0.222. The number of benzene rings is 1. The molecule has 11 heteroatoms. The van der Waals surface area contributed by atoms with E-state index in [9.17, 15) is 13.2 Å². The van der Waals surface area contributed by atoms with Crippen molar-refractivity contribution in [3.63, 3.8) is 0 Å². The SMILES string of the molecule is O=C(Nc1nc(-c2ccc(Cl)cc2Cl)cs1)c1sccc1S(=O)(=O)N1CCCC1.